The summed E-state index contributed by atoms with van der Waals surface area (Å²) in [7, 11) is 0. The Morgan fingerprint density at radius 3 is 2.41 bits per heavy atom. The van der Waals surface area contributed by atoms with E-state index in [1.165, 1.54) is 6.07 Å². The molecule has 0 aliphatic carbocycles. The van der Waals surface area contributed by atoms with Gasteiger partial charge in [0.1, 0.15) is 12.2 Å². The maximum absolute atomic E-state index is 13.2. The third-order valence-electron chi connectivity index (χ3n) is 4.12. The van der Waals surface area contributed by atoms with Gasteiger partial charge in [0.15, 0.2) is 11.6 Å². The highest BCUT2D eigenvalue weighted by Gasteiger charge is 2.26. The lowest BCUT2D eigenvalue weighted by Gasteiger charge is -2.32. The Balaban J connectivity index is 0.000000208. The number of aliphatic hydroxyl groups is 1. The average Bonchev–Trinajstić information content (AvgIpc) is 2.67. The number of benzene rings is 2. The van der Waals surface area contributed by atoms with Crippen molar-refractivity contribution in [1.29, 1.82) is 0 Å². The quantitative estimate of drug-likeness (QED) is 0.801. The number of carbonyl (C=O) groups is 1. The summed E-state index contributed by atoms with van der Waals surface area (Å²) in [6.07, 6.45) is 0.909. The highest BCUT2D eigenvalue weighted by Crippen LogP contribution is 2.17. The molecule has 2 aromatic rings. The standard InChI is InChI=1S/C13H11FO.C10H19NO3/c14-12-8-4-5-9-13(12)15-10-11-6-2-1-3-7-11;1-10(2,3)14-9(13)11-6-4-5-8(12)7-11/h1-9H,10H2;8,12H,4-7H2,1-3H3. The van der Waals surface area contributed by atoms with Crippen molar-refractivity contribution in [3.63, 3.8) is 0 Å². The van der Waals surface area contributed by atoms with E-state index in [2.05, 4.69) is 0 Å². The number of para-hydroxylation sites is 1. The van der Waals surface area contributed by atoms with Crippen molar-refractivity contribution < 1.29 is 23.8 Å². The van der Waals surface area contributed by atoms with Crippen molar-refractivity contribution in [2.75, 3.05) is 13.1 Å². The Kier molecular flexibility index (Phi) is 8.46. The van der Waals surface area contributed by atoms with Gasteiger partial charge in [-0.3, -0.25) is 0 Å². The fraction of sp³-hybridized carbons (Fsp3) is 0.435. The van der Waals surface area contributed by atoms with Crippen molar-refractivity contribution in [2.45, 2.75) is 51.9 Å². The van der Waals surface area contributed by atoms with Gasteiger partial charge < -0.3 is 19.5 Å². The average molecular weight is 403 g/mol. The first-order valence-corrected chi connectivity index (χ1v) is 9.82. The van der Waals surface area contributed by atoms with Gasteiger partial charge in [-0.2, -0.15) is 0 Å². The number of likely N-dealkylation sites (tertiary alicyclic amines) is 1. The summed E-state index contributed by atoms with van der Waals surface area (Å²) in [5.74, 6) is -0.0326. The van der Waals surface area contributed by atoms with Crippen LogP contribution in [-0.2, 0) is 11.3 Å². The molecule has 0 aromatic heterocycles. The summed E-state index contributed by atoms with van der Waals surface area (Å²) in [6.45, 7) is 6.99. The Morgan fingerprint density at radius 2 is 1.79 bits per heavy atom. The van der Waals surface area contributed by atoms with E-state index in [0.717, 1.165) is 18.4 Å². The molecule has 3 rings (SSSR count). The number of hydrogen-bond donors (Lipinski definition) is 1. The van der Waals surface area contributed by atoms with Crippen LogP contribution in [0.25, 0.3) is 0 Å². The van der Waals surface area contributed by atoms with Crippen LogP contribution in [-0.4, -0.2) is 40.9 Å². The normalized spacial score (nSPS) is 16.4. The molecule has 0 bridgehead atoms. The molecule has 5 nitrogen and oxygen atoms in total. The first-order valence-electron chi connectivity index (χ1n) is 9.82. The molecule has 1 unspecified atom stereocenters. The number of aliphatic hydroxyl groups excluding tert-OH is 1. The summed E-state index contributed by atoms with van der Waals surface area (Å²) in [6, 6.07) is 16.1. The molecule has 2 aromatic carbocycles. The van der Waals surface area contributed by atoms with Gasteiger partial charge in [0.2, 0.25) is 0 Å². The van der Waals surface area contributed by atoms with Gasteiger partial charge in [0.05, 0.1) is 6.10 Å². The molecule has 1 saturated heterocycles. The van der Waals surface area contributed by atoms with Gasteiger partial charge in [-0.25, -0.2) is 9.18 Å². The largest absolute Gasteiger partial charge is 0.486 e. The first-order chi connectivity index (χ1) is 13.7. The van der Waals surface area contributed by atoms with E-state index >= 15 is 0 Å². The SMILES string of the molecule is CC(C)(C)OC(=O)N1CCCC(O)C1.Fc1ccccc1OCc1ccccc1. The zero-order valence-electron chi connectivity index (χ0n) is 17.3. The van der Waals surface area contributed by atoms with E-state index in [0.29, 0.717) is 25.4 Å². The molecule has 1 N–H and O–H groups in total. The van der Waals surface area contributed by atoms with E-state index in [4.69, 9.17) is 9.47 Å². The molecule has 1 amide bonds. The lowest BCUT2D eigenvalue weighted by atomic mass is 10.1. The molecule has 6 heteroatoms. The maximum Gasteiger partial charge on any atom is 0.410 e. The van der Waals surface area contributed by atoms with Crippen molar-refractivity contribution in [2.24, 2.45) is 0 Å². The predicted octanol–water partition coefficient (Wildman–Crippen LogP) is 4.78. The number of amides is 1. The van der Waals surface area contributed by atoms with E-state index in [9.17, 15) is 14.3 Å². The minimum absolute atomic E-state index is 0.293. The molecule has 0 saturated carbocycles. The van der Waals surface area contributed by atoms with Crippen LogP contribution in [0.4, 0.5) is 9.18 Å². The monoisotopic (exact) mass is 403 g/mol. The molecule has 0 radical (unpaired) electrons. The van der Waals surface area contributed by atoms with Crippen molar-refractivity contribution in [3.8, 4) is 5.75 Å². The number of hydrogen-bond acceptors (Lipinski definition) is 4. The molecule has 1 aliphatic rings. The minimum Gasteiger partial charge on any atom is -0.486 e. The number of ether oxygens (including phenoxy) is 2. The second kappa shape index (κ2) is 10.8. The predicted molar refractivity (Wildman–Crippen MR) is 110 cm³/mol. The van der Waals surface area contributed by atoms with Crippen LogP contribution in [0.3, 0.4) is 0 Å². The van der Waals surface area contributed by atoms with Gasteiger partial charge in [0, 0.05) is 13.1 Å². The molecule has 0 spiro atoms. The van der Waals surface area contributed by atoms with Crippen LogP contribution < -0.4 is 4.74 Å². The summed E-state index contributed by atoms with van der Waals surface area (Å²) < 4.78 is 23.7. The van der Waals surface area contributed by atoms with Crippen LogP contribution in [0.2, 0.25) is 0 Å². The number of β-amino-alcohol motifs (C(OH)–C–C–N with tert-alkyl or cyclic N) is 1. The second-order valence-corrected chi connectivity index (χ2v) is 7.93. The fourth-order valence-corrected chi connectivity index (χ4v) is 2.74. The molecule has 1 aliphatic heterocycles. The van der Waals surface area contributed by atoms with E-state index in [1.807, 2.05) is 51.1 Å². The highest BCUT2D eigenvalue weighted by molar-refractivity contribution is 5.68. The van der Waals surface area contributed by atoms with Crippen LogP contribution >= 0.6 is 0 Å². The van der Waals surface area contributed by atoms with Crippen molar-refractivity contribution >= 4 is 6.09 Å². The zero-order valence-corrected chi connectivity index (χ0v) is 17.3. The summed E-state index contributed by atoms with van der Waals surface area (Å²) in [5, 5.41) is 9.38. The van der Waals surface area contributed by atoms with Gasteiger partial charge in [-0.1, -0.05) is 42.5 Å². The Labute approximate surface area is 172 Å². The molecular weight excluding hydrogens is 373 g/mol. The summed E-state index contributed by atoms with van der Waals surface area (Å²) in [5.41, 5.74) is 0.570. The molecular formula is C23H30FNO4. The lowest BCUT2D eigenvalue weighted by molar-refractivity contribution is 0.00391. The topological polar surface area (TPSA) is 59.0 Å². The second-order valence-electron chi connectivity index (χ2n) is 7.93. The van der Waals surface area contributed by atoms with Gasteiger partial charge in [0.25, 0.3) is 0 Å². The van der Waals surface area contributed by atoms with E-state index in [-0.39, 0.29) is 11.9 Å². The smallest absolute Gasteiger partial charge is 0.410 e. The number of nitrogens with zero attached hydrogens (tertiary/aromatic N) is 1. The molecule has 1 fully saturated rings. The number of piperidine rings is 1. The van der Waals surface area contributed by atoms with E-state index < -0.39 is 11.7 Å². The van der Waals surface area contributed by atoms with Crippen LogP contribution in [0.15, 0.2) is 54.6 Å². The molecule has 1 atom stereocenters. The third kappa shape index (κ3) is 8.52. The summed E-state index contributed by atoms with van der Waals surface area (Å²) in [4.78, 5) is 13.1. The molecule has 158 valence electrons. The fourth-order valence-electron chi connectivity index (χ4n) is 2.74. The van der Waals surface area contributed by atoms with Crippen molar-refractivity contribution in [1.82, 2.24) is 4.90 Å². The minimum atomic E-state index is -0.459. The van der Waals surface area contributed by atoms with Gasteiger partial charge in [-0.05, 0) is 51.3 Å². The Bertz CT molecular complexity index is 761. The zero-order chi connectivity index (χ0) is 21.3. The lowest BCUT2D eigenvalue weighted by Crippen LogP contribution is -2.44. The van der Waals surface area contributed by atoms with E-state index in [1.54, 1.807) is 23.1 Å². The summed E-state index contributed by atoms with van der Waals surface area (Å²) >= 11 is 0. The van der Waals surface area contributed by atoms with Crippen LogP contribution in [0.5, 0.6) is 5.75 Å². The maximum atomic E-state index is 13.2. The molecule has 29 heavy (non-hydrogen) atoms. The van der Waals surface area contributed by atoms with Crippen LogP contribution in [0.1, 0.15) is 39.2 Å². The first kappa shape index (κ1) is 22.7. The van der Waals surface area contributed by atoms with Crippen LogP contribution in [0, 0.1) is 5.82 Å². The van der Waals surface area contributed by atoms with Gasteiger partial charge >= 0.3 is 6.09 Å². The highest BCUT2D eigenvalue weighted by atomic mass is 19.1. The molecule has 1 heterocycles. The Morgan fingerprint density at radius 1 is 1.14 bits per heavy atom. The third-order valence-corrected chi connectivity index (χ3v) is 4.12. The van der Waals surface area contributed by atoms with Gasteiger partial charge in [-0.15, -0.1) is 0 Å². The number of halogens is 1. The Hall–Kier alpha value is -2.60. The number of carbonyl (C=O) groups excluding carboxylic acids is 1. The number of rotatable bonds is 3. The van der Waals surface area contributed by atoms with Crippen molar-refractivity contribution in [3.05, 3.63) is 66.0 Å².